The second kappa shape index (κ2) is 11.0. The summed E-state index contributed by atoms with van der Waals surface area (Å²) in [4.78, 5) is 4.10. The second-order valence-electron chi connectivity index (χ2n) is 8.71. The van der Waals surface area contributed by atoms with E-state index in [1.165, 1.54) is 16.0 Å². The van der Waals surface area contributed by atoms with E-state index in [2.05, 4.69) is 56.6 Å². The summed E-state index contributed by atoms with van der Waals surface area (Å²) >= 11 is 7.28. The molecule has 3 aromatic carbocycles. The van der Waals surface area contributed by atoms with Gasteiger partial charge >= 0.3 is 0 Å². The van der Waals surface area contributed by atoms with Gasteiger partial charge in [-0.2, -0.15) is 5.10 Å². The Labute approximate surface area is 229 Å². The van der Waals surface area contributed by atoms with Crippen LogP contribution in [0.1, 0.15) is 23.9 Å². The summed E-state index contributed by atoms with van der Waals surface area (Å²) in [7, 11) is 0. The topological polar surface area (TPSA) is 96.2 Å². The minimum atomic E-state index is 0.518. The minimum Gasteiger partial charge on any atom is -0.358 e. The number of nitrogens with zero attached hydrogens (tertiary/aromatic N) is 5. The van der Waals surface area contributed by atoms with Crippen molar-refractivity contribution in [2.24, 2.45) is 20.4 Å². The Kier molecular flexibility index (Phi) is 7.35. The van der Waals surface area contributed by atoms with Crippen LogP contribution in [0.4, 0.5) is 10.7 Å². The molecule has 5 rings (SSSR count). The van der Waals surface area contributed by atoms with Crippen molar-refractivity contribution >= 4 is 39.3 Å². The molecule has 190 valence electrons. The highest BCUT2D eigenvalue weighted by molar-refractivity contribution is 7.13. The van der Waals surface area contributed by atoms with E-state index < -0.39 is 0 Å². The molecule has 0 radical (unpaired) electrons. The summed E-state index contributed by atoms with van der Waals surface area (Å²) in [5, 5.41) is 19.1. The molecular weight excluding hydrogens is 514 g/mol. The zero-order chi connectivity index (χ0) is 26.6. The molecule has 0 aliphatic rings. The van der Waals surface area contributed by atoms with E-state index in [9.17, 15) is 0 Å². The molecule has 0 spiro atoms. The molecule has 0 unspecified atom stereocenters. The fourth-order valence-corrected chi connectivity index (χ4v) is 5.13. The molecule has 5 aromatic rings. The van der Waals surface area contributed by atoms with Gasteiger partial charge in [0.15, 0.2) is 5.00 Å². The van der Waals surface area contributed by atoms with Crippen molar-refractivity contribution < 1.29 is 0 Å². The summed E-state index contributed by atoms with van der Waals surface area (Å²) in [5.74, 6) is 6.29. The van der Waals surface area contributed by atoms with Gasteiger partial charge in [-0.15, -0.1) is 15.3 Å². The van der Waals surface area contributed by atoms with Crippen molar-refractivity contribution in [1.82, 2.24) is 9.66 Å². The van der Waals surface area contributed by atoms with Crippen LogP contribution in [0.25, 0.3) is 22.4 Å². The molecule has 0 saturated heterocycles. The zero-order valence-corrected chi connectivity index (χ0v) is 22.8. The lowest BCUT2D eigenvalue weighted by atomic mass is 9.95. The normalized spacial score (nSPS) is 12.5. The van der Waals surface area contributed by atoms with Crippen LogP contribution in [0.3, 0.4) is 0 Å². The van der Waals surface area contributed by atoms with Crippen molar-refractivity contribution in [2.75, 3.05) is 5.84 Å². The number of nitrogen functional groups attached to an aromatic ring is 1. The number of hydrogen-bond donors (Lipinski definition) is 2. The molecule has 0 amide bonds. The Balaban J connectivity index is 1.55. The molecule has 2 heterocycles. The van der Waals surface area contributed by atoms with Crippen molar-refractivity contribution in [1.29, 1.82) is 0 Å². The first-order valence-corrected chi connectivity index (χ1v) is 13.2. The number of H-pyrrole nitrogens is 1. The largest absolute Gasteiger partial charge is 0.358 e. The van der Waals surface area contributed by atoms with Crippen LogP contribution >= 0.6 is 22.9 Å². The van der Waals surface area contributed by atoms with Gasteiger partial charge in [-0.1, -0.05) is 83.6 Å². The Bertz CT molecular complexity index is 1690. The first kappa shape index (κ1) is 25.4. The third-order valence-electron chi connectivity index (χ3n) is 6.11. The minimum absolute atomic E-state index is 0.518. The summed E-state index contributed by atoms with van der Waals surface area (Å²) < 4.78 is 1.48. The van der Waals surface area contributed by atoms with E-state index in [1.807, 2.05) is 50.2 Å². The first-order valence-electron chi connectivity index (χ1n) is 12.0. The van der Waals surface area contributed by atoms with Gasteiger partial charge in [0.2, 0.25) is 4.80 Å². The number of thiazole rings is 1. The number of aryl methyl sites for hydroxylation is 1. The van der Waals surface area contributed by atoms with Gasteiger partial charge < -0.3 is 10.8 Å². The third kappa shape index (κ3) is 5.22. The maximum atomic E-state index is 6.29. The fourth-order valence-electron chi connectivity index (χ4n) is 4.19. The monoisotopic (exact) mass is 539 g/mol. The average molecular weight is 540 g/mol. The number of nitrogens with two attached hydrogens (primary N) is 1. The van der Waals surface area contributed by atoms with E-state index in [4.69, 9.17) is 17.4 Å². The molecule has 7 nitrogen and oxygen atoms in total. The molecule has 0 fully saturated rings. The molecule has 0 bridgehead atoms. The van der Waals surface area contributed by atoms with Crippen molar-refractivity contribution in [3.8, 4) is 22.4 Å². The summed E-state index contributed by atoms with van der Waals surface area (Å²) in [6.07, 6.45) is 0. The molecule has 2 aromatic heterocycles. The second-order valence-corrected chi connectivity index (χ2v) is 10.1. The Morgan fingerprint density at radius 3 is 2.16 bits per heavy atom. The van der Waals surface area contributed by atoms with Crippen molar-refractivity contribution in [3.05, 3.63) is 112 Å². The molecule has 0 atom stereocenters. The van der Waals surface area contributed by atoms with Gasteiger partial charge in [0.1, 0.15) is 0 Å². The lowest BCUT2D eigenvalue weighted by Crippen LogP contribution is -2.23. The smallest absolute Gasteiger partial charge is 0.231 e. The van der Waals surface area contributed by atoms with Gasteiger partial charge in [0, 0.05) is 21.8 Å². The van der Waals surface area contributed by atoms with Gasteiger partial charge in [0.05, 0.1) is 22.8 Å². The summed E-state index contributed by atoms with van der Waals surface area (Å²) in [6.45, 7) is 5.89. The predicted molar refractivity (Wildman–Crippen MR) is 157 cm³/mol. The number of halogens is 1. The SMILES string of the molecule is CC(=NN=c1sc(N=Nc2ccc(Cl)cc2)c(C)n1N)c1c(C)[nH]c(-c2ccccc2)c1-c1ccccc1. The quantitative estimate of drug-likeness (QED) is 0.0973. The van der Waals surface area contributed by atoms with Crippen LogP contribution in [-0.2, 0) is 0 Å². The summed E-state index contributed by atoms with van der Waals surface area (Å²) in [6, 6.07) is 27.8. The summed E-state index contributed by atoms with van der Waals surface area (Å²) in [5.41, 5.74) is 8.59. The maximum Gasteiger partial charge on any atom is 0.231 e. The maximum absolute atomic E-state index is 6.29. The van der Waals surface area contributed by atoms with Crippen LogP contribution in [-0.4, -0.2) is 15.4 Å². The number of benzene rings is 3. The molecule has 0 aliphatic carbocycles. The molecule has 0 saturated carbocycles. The van der Waals surface area contributed by atoms with E-state index >= 15 is 0 Å². The van der Waals surface area contributed by atoms with E-state index in [1.54, 1.807) is 24.3 Å². The highest BCUT2D eigenvalue weighted by Crippen LogP contribution is 2.37. The predicted octanol–water partition coefficient (Wildman–Crippen LogP) is 7.94. The highest BCUT2D eigenvalue weighted by Gasteiger charge is 2.20. The number of rotatable bonds is 6. The lowest BCUT2D eigenvalue weighted by molar-refractivity contribution is 0.881. The van der Waals surface area contributed by atoms with Crippen molar-refractivity contribution in [2.45, 2.75) is 20.8 Å². The number of azo groups is 1. The van der Waals surface area contributed by atoms with Gasteiger partial charge in [-0.3, -0.25) is 0 Å². The fraction of sp³-hybridized carbons (Fsp3) is 0.103. The van der Waals surface area contributed by atoms with Crippen LogP contribution in [0, 0.1) is 13.8 Å². The molecule has 38 heavy (non-hydrogen) atoms. The molecule has 9 heteroatoms. The van der Waals surface area contributed by atoms with E-state index in [-0.39, 0.29) is 0 Å². The first-order chi connectivity index (χ1) is 18.4. The Morgan fingerprint density at radius 2 is 1.50 bits per heavy atom. The molecule has 0 aliphatic heterocycles. The third-order valence-corrected chi connectivity index (χ3v) is 7.39. The van der Waals surface area contributed by atoms with Gasteiger partial charge in [-0.05, 0) is 56.2 Å². The molecular formula is C29H26ClN7S. The number of aromatic nitrogens is 2. The van der Waals surface area contributed by atoms with Crippen LogP contribution in [0.15, 0.2) is 105 Å². The number of aromatic amines is 1. The van der Waals surface area contributed by atoms with Crippen LogP contribution < -0.4 is 10.6 Å². The zero-order valence-electron chi connectivity index (χ0n) is 21.2. The van der Waals surface area contributed by atoms with Gasteiger partial charge in [0.25, 0.3) is 0 Å². The Hall–Kier alpha value is -4.27. The number of nitrogens with one attached hydrogen (secondary N) is 1. The van der Waals surface area contributed by atoms with E-state index in [0.29, 0.717) is 20.5 Å². The lowest BCUT2D eigenvalue weighted by Gasteiger charge is -2.08. The molecule has 3 N–H and O–H groups in total. The van der Waals surface area contributed by atoms with Crippen molar-refractivity contribution in [3.63, 3.8) is 0 Å². The Morgan fingerprint density at radius 1 is 0.868 bits per heavy atom. The highest BCUT2D eigenvalue weighted by atomic mass is 35.5. The van der Waals surface area contributed by atoms with Crippen LogP contribution in [0.2, 0.25) is 5.02 Å². The van der Waals surface area contributed by atoms with Crippen LogP contribution in [0.5, 0.6) is 0 Å². The standard InChI is InChI=1S/C29H26ClN7S/c1-18-25(26(21-10-6-4-7-11-21)27(32-18)22-12-8-5-9-13-22)19(2)33-36-29-37(31)20(3)28(38-29)35-34-24-16-14-23(30)15-17-24/h4-17,32H,31H2,1-3H3. The average Bonchev–Trinajstić information content (AvgIpc) is 3.43. The number of hydrogen-bond acceptors (Lipinski definition) is 6. The van der Waals surface area contributed by atoms with Gasteiger partial charge in [-0.25, -0.2) is 4.68 Å². The van der Waals surface area contributed by atoms with E-state index in [0.717, 1.165) is 45.0 Å².